The minimum atomic E-state index is 0.224. The molecule has 0 bridgehead atoms. The van der Waals surface area contributed by atoms with E-state index in [1.807, 2.05) is 13.0 Å². The van der Waals surface area contributed by atoms with Gasteiger partial charge in [0.15, 0.2) is 0 Å². The van der Waals surface area contributed by atoms with Crippen molar-refractivity contribution in [3.05, 3.63) is 23.8 Å². The fourth-order valence-corrected chi connectivity index (χ4v) is 1.95. The van der Waals surface area contributed by atoms with Crippen molar-refractivity contribution in [1.82, 2.24) is 0 Å². The standard InChI is InChI=1S/C11H13NO2/c1-8-5-6-9-10(12(8)7-13)3-2-4-11(9)14/h2-4,7-8,14H,5-6H2,1H3. The number of fused-ring (bicyclic) bond motifs is 1. The molecule has 1 aliphatic rings. The van der Waals surface area contributed by atoms with Crippen LogP contribution in [-0.2, 0) is 11.2 Å². The smallest absolute Gasteiger partial charge is 0.214 e. The van der Waals surface area contributed by atoms with Gasteiger partial charge in [-0.1, -0.05) is 6.07 Å². The van der Waals surface area contributed by atoms with Crippen molar-refractivity contribution >= 4 is 12.1 Å². The SMILES string of the molecule is CC1CCc2c(O)cccc2N1C=O. The number of carbonyl (C=O) groups excluding carboxylic acids is 1. The Morgan fingerprint density at radius 1 is 1.57 bits per heavy atom. The van der Waals surface area contributed by atoms with Crippen molar-refractivity contribution in [2.75, 3.05) is 4.90 Å². The highest BCUT2D eigenvalue weighted by atomic mass is 16.3. The zero-order valence-corrected chi connectivity index (χ0v) is 8.10. The summed E-state index contributed by atoms with van der Waals surface area (Å²) in [5, 5.41) is 9.61. The predicted octanol–water partition coefficient (Wildman–Crippen LogP) is 1.69. The number of hydrogen-bond donors (Lipinski definition) is 1. The van der Waals surface area contributed by atoms with Crippen LogP contribution in [0.25, 0.3) is 0 Å². The molecule has 1 aromatic carbocycles. The van der Waals surface area contributed by atoms with Crippen molar-refractivity contribution in [3.8, 4) is 5.75 Å². The van der Waals surface area contributed by atoms with E-state index in [0.717, 1.165) is 30.5 Å². The van der Waals surface area contributed by atoms with Gasteiger partial charge < -0.3 is 10.0 Å². The number of phenolic OH excluding ortho intramolecular Hbond substituents is 1. The number of carbonyl (C=O) groups is 1. The van der Waals surface area contributed by atoms with Gasteiger partial charge in [0.1, 0.15) is 5.75 Å². The summed E-state index contributed by atoms with van der Waals surface area (Å²) in [5.74, 6) is 0.293. The van der Waals surface area contributed by atoms with E-state index in [0.29, 0.717) is 5.75 Å². The van der Waals surface area contributed by atoms with E-state index in [1.165, 1.54) is 0 Å². The molecule has 1 aliphatic heterocycles. The fourth-order valence-electron chi connectivity index (χ4n) is 1.95. The van der Waals surface area contributed by atoms with Crippen molar-refractivity contribution in [1.29, 1.82) is 0 Å². The normalized spacial score (nSPS) is 20.4. The first-order valence-electron chi connectivity index (χ1n) is 4.78. The molecule has 1 unspecified atom stereocenters. The molecule has 0 aromatic heterocycles. The summed E-state index contributed by atoms with van der Waals surface area (Å²) < 4.78 is 0. The average Bonchev–Trinajstić information content (AvgIpc) is 2.18. The van der Waals surface area contributed by atoms with Crippen LogP contribution in [0.5, 0.6) is 5.75 Å². The number of anilines is 1. The molecule has 0 radical (unpaired) electrons. The number of nitrogens with zero attached hydrogens (tertiary/aromatic N) is 1. The number of hydrogen-bond acceptors (Lipinski definition) is 2. The molecule has 1 heterocycles. The Hall–Kier alpha value is -1.51. The van der Waals surface area contributed by atoms with Gasteiger partial charge in [0, 0.05) is 11.6 Å². The van der Waals surface area contributed by atoms with Gasteiger partial charge in [0.25, 0.3) is 0 Å². The second kappa shape index (κ2) is 3.33. The lowest BCUT2D eigenvalue weighted by Crippen LogP contribution is -2.35. The summed E-state index contributed by atoms with van der Waals surface area (Å²) in [5.41, 5.74) is 1.73. The average molecular weight is 191 g/mol. The Morgan fingerprint density at radius 3 is 3.07 bits per heavy atom. The van der Waals surface area contributed by atoms with E-state index in [9.17, 15) is 9.90 Å². The Kier molecular flexibility index (Phi) is 2.15. The minimum Gasteiger partial charge on any atom is -0.508 e. The highest BCUT2D eigenvalue weighted by molar-refractivity contribution is 5.80. The quantitative estimate of drug-likeness (QED) is 0.686. The van der Waals surface area contributed by atoms with Gasteiger partial charge in [-0.05, 0) is 31.9 Å². The lowest BCUT2D eigenvalue weighted by molar-refractivity contribution is -0.107. The van der Waals surface area contributed by atoms with E-state index >= 15 is 0 Å². The maximum absolute atomic E-state index is 10.9. The molecule has 2 rings (SSSR count). The van der Waals surface area contributed by atoms with Gasteiger partial charge in [-0.15, -0.1) is 0 Å². The van der Waals surface area contributed by atoms with Crippen molar-refractivity contribution in [3.63, 3.8) is 0 Å². The molecule has 14 heavy (non-hydrogen) atoms. The van der Waals surface area contributed by atoms with E-state index in [-0.39, 0.29) is 6.04 Å². The number of rotatable bonds is 1. The summed E-state index contributed by atoms with van der Waals surface area (Å²) in [7, 11) is 0. The number of benzene rings is 1. The number of aromatic hydroxyl groups is 1. The third kappa shape index (κ3) is 1.25. The van der Waals surface area contributed by atoms with Gasteiger partial charge in [0.05, 0.1) is 5.69 Å². The Bertz CT molecular complexity index is 362. The monoisotopic (exact) mass is 191 g/mol. The van der Waals surface area contributed by atoms with Crippen molar-refractivity contribution in [2.24, 2.45) is 0 Å². The van der Waals surface area contributed by atoms with Crippen LogP contribution in [0.1, 0.15) is 18.9 Å². The van der Waals surface area contributed by atoms with Crippen LogP contribution in [0.3, 0.4) is 0 Å². The largest absolute Gasteiger partial charge is 0.508 e. The number of phenols is 1. The van der Waals surface area contributed by atoms with Crippen LogP contribution in [-0.4, -0.2) is 17.6 Å². The maximum atomic E-state index is 10.9. The molecular weight excluding hydrogens is 178 g/mol. The minimum absolute atomic E-state index is 0.224. The van der Waals surface area contributed by atoms with E-state index in [4.69, 9.17) is 0 Å². The first-order chi connectivity index (χ1) is 6.74. The molecular formula is C11H13NO2. The Morgan fingerprint density at radius 2 is 2.36 bits per heavy atom. The summed E-state index contributed by atoms with van der Waals surface area (Å²) in [6.07, 6.45) is 2.58. The molecule has 0 spiro atoms. The highest BCUT2D eigenvalue weighted by Gasteiger charge is 2.23. The fraction of sp³-hybridized carbons (Fsp3) is 0.364. The second-order valence-corrected chi connectivity index (χ2v) is 3.68. The summed E-state index contributed by atoms with van der Waals surface area (Å²) in [6, 6.07) is 5.53. The first kappa shape index (κ1) is 9.06. The van der Waals surface area contributed by atoms with Gasteiger partial charge in [-0.2, -0.15) is 0 Å². The lowest BCUT2D eigenvalue weighted by Gasteiger charge is -2.32. The molecule has 3 heteroatoms. The maximum Gasteiger partial charge on any atom is 0.214 e. The molecule has 0 fully saturated rings. The van der Waals surface area contributed by atoms with Crippen LogP contribution in [0.4, 0.5) is 5.69 Å². The van der Waals surface area contributed by atoms with E-state index in [1.54, 1.807) is 17.0 Å². The van der Waals surface area contributed by atoms with Crippen LogP contribution in [0.15, 0.2) is 18.2 Å². The summed E-state index contributed by atoms with van der Waals surface area (Å²) >= 11 is 0. The zero-order valence-electron chi connectivity index (χ0n) is 8.10. The Balaban J connectivity index is 2.51. The summed E-state index contributed by atoms with van der Waals surface area (Å²) in [6.45, 7) is 2.02. The van der Waals surface area contributed by atoms with Crippen LogP contribution in [0, 0.1) is 0 Å². The molecule has 1 amide bonds. The molecule has 74 valence electrons. The molecule has 0 aliphatic carbocycles. The topological polar surface area (TPSA) is 40.5 Å². The van der Waals surface area contributed by atoms with Gasteiger partial charge in [-0.3, -0.25) is 4.79 Å². The molecule has 3 nitrogen and oxygen atoms in total. The van der Waals surface area contributed by atoms with E-state index in [2.05, 4.69) is 0 Å². The number of amides is 1. The van der Waals surface area contributed by atoms with E-state index < -0.39 is 0 Å². The lowest BCUT2D eigenvalue weighted by atomic mass is 9.96. The van der Waals surface area contributed by atoms with Crippen LogP contribution >= 0.6 is 0 Å². The van der Waals surface area contributed by atoms with Crippen molar-refractivity contribution in [2.45, 2.75) is 25.8 Å². The molecule has 0 saturated carbocycles. The third-order valence-electron chi connectivity index (χ3n) is 2.81. The highest BCUT2D eigenvalue weighted by Crippen LogP contribution is 2.34. The van der Waals surface area contributed by atoms with Gasteiger partial charge in [-0.25, -0.2) is 0 Å². The van der Waals surface area contributed by atoms with Gasteiger partial charge >= 0.3 is 0 Å². The Labute approximate surface area is 83.0 Å². The summed E-state index contributed by atoms with van der Waals surface area (Å²) in [4.78, 5) is 12.6. The third-order valence-corrected chi connectivity index (χ3v) is 2.81. The second-order valence-electron chi connectivity index (χ2n) is 3.68. The first-order valence-corrected chi connectivity index (χ1v) is 4.78. The zero-order chi connectivity index (χ0) is 10.1. The van der Waals surface area contributed by atoms with Crippen molar-refractivity contribution < 1.29 is 9.90 Å². The predicted molar refractivity (Wildman–Crippen MR) is 54.4 cm³/mol. The molecule has 0 saturated heterocycles. The molecule has 1 aromatic rings. The van der Waals surface area contributed by atoms with Crippen LogP contribution < -0.4 is 4.90 Å². The molecule has 1 atom stereocenters. The van der Waals surface area contributed by atoms with Gasteiger partial charge in [0.2, 0.25) is 6.41 Å². The van der Waals surface area contributed by atoms with Crippen LogP contribution in [0.2, 0.25) is 0 Å². The molecule has 1 N–H and O–H groups in total.